The predicted molar refractivity (Wildman–Crippen MR) is 86.2 cm³/mol. The lowest BCUT2D eigenvalue weighted by atomic mass is 9.67. The van der Waals surface area contributed by atoms with E-state index < -0.39 is 0 Å². The summed E-state index contributed by atoms with van der Waals surface area (Å²) in [6, 6.07) is 0.505. The molecular formula is C16H31ClN2O. The third kappa shape index (κ3) is 5.61. The molecule has 2 rings (SSSR count). The van der Waals surface area contributed by atoms with Crippen LogP contribution in [0.2, 0.25) is 0 Å². The number of rotatable bonds is 4. The molecule has 0 radical (unpaired) electrons. The summed E-state index contributed by atoms with van der Waals surface area (Å²) in [7, 11) is 0. The van der Waals surface area contributed by atoms with Crippen molar-refractivity contribution in [2.45, 2.75) is 65.3 Å². The van der Waals surface area contributed by atoms with Crippen molar-refractivity contribution in [3.63, 3.8) is 0 Å². The van der Waals surface area contributed by atoms with Gasteiger partial charge in [-0.2, -0.15) is 0 Å². The molecule has 1 saturated heterocycles. The maximum atomic E-state index is 12.0. The number of amides is 1. The number of carbonyl (C=O) groups excluding carboxylic acids is 1. The quantitative estimate of drug-likeness (QED) is 0.838. The predicted octanol–water partition coefficient (Wildman–Crippen LogP) is 3.13. The van der Waals surface area contributed by atoms with E-state index in [4.69, 9.17) is 0 Å². The molecule has 1 saturated carbocycles. The van der Waals surface area contributed by atoms with E-state index in [1.807, 2.05) is 0 Å². The van der Waals surface area contributed by atoms with Crippen molar-refractivity contribution in [1.82, 2.24) is 10.6 Å². The minimum Gasteiger partial charge on any atom is -0.355 e. The first-order chi connectivity index (χ1) is 8.94. The zero-order valence-corrected chi connectivity index (χ0v) is 14.0. The Morgan fingerprint density at radius 2 is 2.10 bits per heavy atom. The maximum absolute atomic E-state index is 12.0. The smallest absolute Gasteiger partial charge is 0.220 e. The van der Waals surface area contributed by atoms with Gasteiger partial charge in [0.1, 0.15) is 0 Å². The van der Waals surface area contributed by atoms with Crippen LogP contribution in [0.25, 0.3) is 0 Å². The Kier molecular flexibility index (Phi) is 6.80. The summed E-state index contributed by atoms with van der Waals surface area (Å²) in [5.41, 5.74) is 0.412. The second-order valence-corrected chi connectivity index (χ2v) is 7.58. The molecule has 0 aromatic heterocycles. The van der Waals surface area contributed by atoms with Crippen molar-refractivity contribution in [2.75, 3.05) is 13.1 Å². The third-order valence-corrected chi connectivity index (χ3v) is 4.66. The lowest BCUT2D eigenvalue weighted by Gasteiger charge is -2.38. The molecule has 20 heavy (non-hydrogen) atoms. The molecule has 3 unspecified atom stereocenters. The van der Waals surface area contributed by atoms with Gasteiger partial charge in [-0.25, -0.2) is 0 Å². The SMILES string of the molecule is CC1CC(CC(=O)NCC2CCCN2)CC(C)(C)C1.Cl. The molecule has 1 aliphatic carbocycles. The lowest BCUT2D eigenvalue weighted by Crippen LogP contribution is -2.38. The van der Waals surface area contributed by atoms with Crippen LogP contribution >= 0.6 is 12.4 Å². The van der Waals surface area contributed by atoms with E-state index in [0.29, 0.717) is 17.4 Å². The van der Waals surface area contributed by atoms with Crippen LogP contribution in [-0.2, 0) is 4.79 Å². The normalized spacial score (nSPS) is 32.5. The van der Waals surface area contributed by atoms with Crippen LogP contribution in [0.15, 0.2) is 0 Å². The first kappa shape index (κ1) is 17.8. The van der Waals surface area contributed by atoms with Gasteiger partial charge < -0.3 is 10.6 Å². The number of hydrogen-bond acceptors (Lipinski definition) is 2. The summed E-state index contributed by atoms with van der Waals surface area (Å²) in [6.45, 7) is 8.93. The van der Waals surface area contributed by atoms with Crippen LogP contribution < -0.4 is 10.6 Å². The van der Waals surface area contributed by atoms with Gasteiger partial charge in [0, 0.05) is 19.0 Å². The van der Waals surface area contributed by atoms with Crippen molar-refractivity contribution >= 4 is 18.3 Å². The molecule has 2 aliphatic rings. The molecule has 0 spiro atoms. The van der Waals surface area contributed by atoms with Crippen molar-refractivity contribution in [3.05, 3.63) is 0 Å². The molecule has 2 N–H and O–H groups in total. The highest BCUT2D eigenvalue weighted by atomic mass is 35.5. The minimum absolute atomic E-state index is 0. The first-order valence-corrected chi connectivity index (χ1v) is 7.95. The molecule has 2 fully saturated rings. The van der Waals surface area contributed by atoms with Crippen LogP contribution in [0.5, 0.6) is 0 Å². The summed E-state index contributed by atoms with van der Waals surface area (Å²) < 4.78 is 0. The fraction of sp³-hybridized carbons (Fsp3) is 0.938. The molecule has 4 heteroatoms. The van der Waals surface area contributed by atoms with Gasteiger partial charge in [0.2, 0.25) is 5.91 Å². The van der Waals surface area contributed by atoms with Gasteiger partial charge in [0.05, 0.1) is 0 Å². The molecule has 0 bridgehead atoms. The third-order valence-electron chi connectivity index (χ3n) is 4.66. The average molecular weight is 303 g/mol. The zero-order valence-electron chi connectivity index (χ0n) is 13.2. The van der Waals surface area contributed by atoms with Crippen LogP contribution in [0.4, 0.5) is 0 Å². The number of halogens is 1. The van der Waals surface area contributed by atoms with E-state index in [0.717, 1.165) is 25.4 Å². The number of hydrogen-bond donors (Lipinski definition) is 2. The van der Waals surface area contributed by atoms with Crippen molar-refractivity contribution in [3.8, 4) is 0 Å². The summed E-state index contributed by atoms with van der Waals surface area (Å²) in [5.74, 6) is 1.59. The van der Waals surface area contributed by atoms with Crippen LogP contribution in [0, 0.1) is 17.3 Å². The topological polar surface area (TPSA) is 41.1 Å². The molecule has 1 aliphatic heterocycles. The van der Waals surface area contributed by atoms with Crippen molar-refractivity contribution in [1.29, 1.82) is 0 Å². The van der Waals surface area contributed by atoms with E-state index in [2.05, 4.69) is 31.4 Å². The monoisotopic (exact) mass is 302 g/mol. The van der Waals surface area contributed by atoms with Crippen LogP contribution in [0.1, 0.15) is 59.3 Å². The second-order valence-electron chi connectivity index (χ2n) is 7.58. The Morgan fingerprint density at radius 1 is 1.35 bits per heavy atom. The Hall–Kier alpha value is -0.280. The first-order valence-electron chi connectivity index (χ1n) is 7.95. The Balaban J connectivity index is 0.00000200. The fourth-order valence-electron chi connectivity index (χ4n) is 4.20. The van der Waals surface area contributed by atoms with Gasteiger partial charge in [0.25, 0.3) is 0 Å². The molecule has 1 heterocycles. The molecule has 3 nitrogen and oxygen atoms in total. The van der Waals surface area contributed by atoms with E-state index in [1.165, 1.54) is 32.1 Å². The van der Waals surface area contributed by atoms with Crippen LogP contribution in [-0.4, -0.2) is 25.0 Å². The van der Waals surface area contributed by atoms with Gasteiger partial charge in [0.15, 0.2) is 0 Å². The largest absolute Gasteiger partial charge is 0.355 e. The highest BCUT2D eigenvalue weighted by molar-refractivity contribution is 5.85. The molecule has 118 valence electrons. The summed E-state index contributed by atoms with van der Waals surface area (Å²) in [5, 5.41) is 6.53. The van der Waals surface area contributed by atoms with E-state index in [1.54, 1.807) is 0 Å². The highest BCUT2D eigenvalue weighted by Gasteiger charge is 2.32. The molecule has 0 aromatic rings. The number of carbonyl (C=O) groups is 1. The molecule has 3 atom stereocenters. The summed E-state index contributed by atoms with van der Waals surface area (Å²) in [6.07, 6.45) is 6.89. The zero-order chi connectivity index (χ0) is 13.9. The Labute approximate surface area is 130 Å². The van der Waals surface area contributed by atoms with Gasteiger partial charge in [-0.3, -0.25) is 4.79 Å². The van der Waals surface area contributed by atoms with Crippen molar-refractivity contribution < 1.29 is 4.79 Å². The van der Waals surface area contributed by atoms with Crippen molar-refractivity contribution in [2.24, 2.45) is 17.3 Å². The minimum atomic E-state index is 0. The molecule has 1 amide bonds. The summed E-state index contributed by atoms with van der Waals surface area (Å²) in [4.78, 5) is 12.0. The van der Waals surface area contributed by atoms with Gasteiger partial charge >= 0.3 is 0 Å². The van der Waals surface area contributed by atoms with E-state index in [9.17, 15) is 4.79 Å². The second kappa shape index (κ2) is 7.65. The number of nitrogens with one attached hydrogen (secondary N) is 2. The van der Waals surface area contributed by atoms with Gasteiger partial charge in [-0.05, 0) is 55.9 Å². The Bertz CT molecular complexity index is 314. The molecule has 0 aromatic carbocycles. The fourth-order valence-corrected chi connectivity index (χ4v) is 4.20. The van der Waals surface area contributed by atoms with Gasteiger partial charge in [-0.1, -0.05) is 20.8 Å². The Morgan fingerprint density at radius 3 is 2.70 bits per heavy atom. The molecular weight excluding hydrogens is 272 g/mol. The summed E-state index contributed by atoms with van der Waals surface area (Å²) >= 11 is 0. The maximum Gasteiger partial charge on any atom is 0.220 e. The standard InChI is InChI=1S/C16H30N2O.ClH/c1-12-7-13(10-16(2,3)9-12)8-15(19)18-11-14-5-4-6-17-14;/h12-14,17H,4-11H2,1-3H3,(H,18,19);1H. The van der Waals surface area contributed by atoms with E-state index in [-0.39, 0.29) is 18.3 Å². The highest BCUT2D eigenvalue weighted by Crippen LogP contribution is 2.42. The van der Waals surface area contributed by atoms with Gasteiger partial charge in [-0.15, -0.1) is 12.4 Å². The van der Waals surface area contributed by atoms with E-state index >= 15 is 0 Å². The van der Waals surface area contributed by atoms with Crippen LogP contribution in [0.3, 0.4) is 0 Å². The average Bonchev–Trinajstić information content (AvgIpc) is 2.75. The lowest BCUT2D eigenvalue weighted by molar-refractivity contribution is -0.122.